The fraction of sp³-hybridized carbons (Fsp3) is 0.167. The molecule has 4 heteroatoms. The highest BCUT2D eigenvalue weighted by molar-refractivity contribution is 5.90. The highest BCUT2D eigenvalue weighted by atomic mass is 16.1. The third kappa shape index (κ3) is 2.95. The number of aromatic nitrogens is 2. The summed E-state index contributed by atoms with van der Waals surface area (Å²) < 4.78 is 0. The summed E-state index contributed by atoms with van der Waals surface area (Å²) >= 11 is 0. The molecule has 0 spiro atoms. The number of carbonyl (C=O) groups is 1. The number of amides is 1. The molecule has 1 amide bonds. The lowest BCUT2D eigenvalue weighted by atomic mass is 10.2. The normalized spacial score (nSPS) is 10.0. The van der Waals surface area contributed by atoms with Crippen LogP contribution in [0, 0.1) is 0 Å². The molecule has 0 fully saturated rings. The van der Waals surface area contributed by atoms with E-state index in [9.17, 15) is 4.79 Å². The SMILES string of the molecule is O=C(CCc1ncc[nH]1)Nc1ccccc1. The number of anilines is 1. The second kappa shape index (κ2) is 5.11. The van der Waals surface area contributed by atoms with E-state index in [0.29, 0.717) is 12.8 Å². The Balaban J connectivity index is 1.81. The van der Waals surface area contributed by atoms with E-state index in [1.54, 1.807) is 12.4 Å². The van der Waals surface area contributed by atoms with Crippen molar-refractivity contribution in [3.8, 4) is 0 Å². The van der Waals surface area contributed by atoms with E-state index in [-0.39, 0.29) is 5.91 Å². The van der Waals surface area contributed by atoms with Gasteiger partial charge in [0.15, 0.2) is 0 Å². The monoisotopic (exact) mass is 215 g/mol. The number of carbonyl (C=O) groups excluding carboxylic acids is 1. The number of rotatable bonds is 4. The number of H-pyrrole nitrogens is 1. The predicted molar refractivity (Wildman–Crippen MR) is 62.0 cm³/mol. The summed E-state index contributed by atoms with van der Waals surface area (Å²) in [5.41, 5.74) is 0.826. The van der Waals surface area contributed by atoms with Gasteiger partial charge in [0.2, 0.25) is 5.91 Å². The highest BCUT2D eigenvalue weighted by Gasteiger charge is 2.03. The van der Waals surface area contributed by atoms with Crippen LogP contribution in [0.15, 0.2) is 42.7 Å². The molecule has 2 N–H and O–H groups in total. The van der Waals surface area contributed by atoms with Crippen molar-refractivity contribution in [2.75, 3.05) is 5.32 Å². The summed E-state index contributed by atoms with van der Waals surface area (Å²) in [6, 6.07) is 9.43. The van der Waals surface area contributed by atoms with Crippen molar-refractivity contribution in [3.63, 3.8) is 0 Å². The van der Waals surface area contributed by atoms with Gasteiger partial charge in [0, 0.05) is 30.9 Å². The quantitative estimate of drug-likeness (QED) is 0.819. The molecule has 1 heterocycles. The van der Waals surface area contributed by atoms with E-state index in [1.165, 1.54) is 0 Å². The molecule has 1 aromatic carbocycles. The van der Waals surface area contributed by atoms with Gasteiger partial charge >= 0.3 is 0 Å². The first-order valence-electron chi connectivity index (χ1n) is 5.18. The number of imidazole rings is 1. The van der Waals surface area contributed by atoms with Crippen LogP contribution in [0.25, 0.3) is 0 Å². The average molecular weight is 215 g/mol. The van der Waals surface area contributed by atoms with Gasteiger partial charge in [-0.2, -0.15) is 0 Å². The lowest BCUT2D eigenvalue weighted by Crippen LogP contribution is -2.12. The maximum Gasteiger partial charge on any atom is 0.224 e. The Hall–Kier alpha value is -2.10. The molecule has 0 bridgehead atoms. The number of nitrogens with one attached hydrogen (secondary N) is 2. The third-order valence-corrected chi connectivity index (χ3v) is 2.20. The second-order valence-electron chi connectivity index (χ2n) is 3.45. The Labute approximate surface area is 93.7 Å². The molecular formula is C12H13N3O. The summed E-state index contributed by atoms with van der Waals surface area (Å²) in [4.78, 5) is 18.6. The number of para-hydroxylation sites is 1. The molecule has 0 saturated carbocycles. The van der Waals surface area contributed by atoms with Crippen LogP contribution in [0.4, 0.5) is 5.69 Å². The smallest absolute Gasteiger partial charge is 0.224 e. The minimum atomic E-state index is 0.00241. The second-order valence-corrected chi connectivity index (χ2v) is 3.45. The molecule has 0 unspecified atom stereocenters. The molecule has 0 radical (unpaired) electrons. The number of aryl methyl sites for hydroxylation is 1. The van der Waals surface area contributed by atoms with Gasteiger partial charge in [-0.1, -0.05) is 18.2 Å². The van der Waals surface area contributed by atoms with Crippen LogP contribution >= 0.6 is 0 Å². The zero-order valence-electron chi connectivity index (χ0n) is 8.81. The van der Waals surface area contributed by atoms with Gasteiger partial charge in [-0.25, -0.2) is 4.98 Å². The van der Waals surface area contributed by atoms with Crippen LogP contribution in [0.3, 0.4) is 0 Å². The van der Waals surface area contributed by atoms with Gasteiger partial charge < -0.3 is 10.3 Å². The van der Waals surface area contributed by atoms with Crippen LogP contribution in [0.1, 0.15) is 12.2 Å². The lowest BCUT2D eigenvalue weighted by Gasteiger charge is -2.03. The van der Waals surface area contributed by atoms with Crippen molar-refractivity contribution in [2.24, 2.45) is 0 Å². The van der Waals surface area contributed by atoms with E-state index < -0.39 is 0 Å². The van der Waals surface area contributed by atoms with E-state index in [1.807, 2.05) is 30.3 Å². The molecule has 16 heavy (non-hydrogen) atoms. The highest BCUT2D eigenvalue weighted by Crippen LogP contribution is 2.06. The summed E-state index contributed by atoms with van der Waals surface area (Å²) in [6.45, 7) is 0. The largest absolute Gasteiger partial charge is 0.349 e. The molecule has 4 nitrogen and oxygen atoms in total. The van der Waals surface area contributed by atoms with Gasteiger partial charge in [0.05, 0.1) is 0 Å². The topological polar surface area (TPSA) is 57.8 Å². The molecule has 0 atom stereocenters. The Bertz CT molecular complexity index is 437. The van der Waals surface area contributed by atoms with Gasteiger partial charge in [-0.3, -0.25) is 4.79 Å². The van der Waals surface area contributed by atoms with Gasteiger partial charge in [0.25, 0.3) is 0 Å². The predicted octanol–water partition coefficient (Wildman–Crippen LogP) is 1.98. The zero-order valence-corrected chi connectivity index (χ0v) is 8.81. The summed E-state index contributed by atoms with van der Waals surface area (Å²) in [5, 5.41) is 2.82. The molecule has 1 aromatic heterocycles. The first kappa shape index (κ1) is 10.4. The van der Waals surface area contributed by atoms with Crippen molar-refractivity contribution in [1.29, 1.82) is 0 Å². The lowest BCUT2D eigenvalue weighted by molar-refractivity contribution is -0.116. The molecule has 2 rings (SSSR count). The van der Waals surface area contributed by atoms with Crippen LogP contribution in [0.5, 0.6) is 0 Å². The van der Waals surface area contributed by atoms with Crippen molar-refractivity contribution >= 4 is 11.6 Å². The average Bonchev–Trinajstić information content (AvgIpc) is 2.81. The third-order valence-electron chi connectivity index (χ3n) is 2.20. The maximum absolute atomic E-state index is 11.6. The molecule has 0 saturated heterocycles. The van der Waals surface area contributed by atoms with Crippen LogP contribution < -0.4 is 5.32 Å². The van der Waals surface area contributed by atoms with Gasteiger partial charge in [-0.15, -0.1) is 0 Å². The van der Waals surface area contributed by atoms with Crippen molar-refractivity contribution in [3.05, 3.63) is 48.5 Å². The standard InChI is InChI=1S/C12H13N3O/c16-12(7-6-11-13-8-9-14-11)15-10-4-2-1-3-5-10/h1-5,8-9H,6-7H2,(H,13,14)(H,15,16). The first-order valence-corrected chi connectivity index (χ1v) is 5.18. The van der Waals surface area contributed by atoms with Crippen molar-refractivity contribution in [1.82, 2.24) is 9.97 Å². The Morgan fingerprint density at radius 2 is 2.12 bits per heavy atom. The Morgan fingerprint density at radius 3 is 2.81 bits per heavy atom. The molecule has 0 aliphatic rings. The maximum atomic E-state index is 11.6. The first-order chi connectivity index (χ1) is 7.84. The van der Waals surface area contributed by atoms with E-state index in [2.05, 4.69) is 15.3 Å². The Kier molecular flexibility index (Phi) is 3.33. The molecule has 0 aliphatic carbocycles. The van der Waals surface area contributed by atoms with Crippen LogP contribution in [-0.2, 0) is 11.2 Å². The minimum absolute atomic E-state index is 0.00241. The number of hydrogen-bond donors (Lipinski definition) is 2. The van der Waals surface area contributed by atoms with Crippen LogP contribution in [0.2, 0.25) is 0 Å². The summed E-state index contributed by atoms with van der Waals surface area (Å²) in [6.07, 6.45) is 4.50. The number of benzene rings is 1. The van der Waals surface area contributed by atoms with Gasteiger partial charge in [0.1, 0.15) is 5.82 Å². The molecule has 82 valence electrons. The van der Waals surface area contributed by atoms with Crippen molar-refractivity contribution < 1.29 is 4.79 Å². The van der Waals surface area contributed by atoms with Crippen molar-refractivity contribution in [2.45, 2.75) is 12.8 Å². The van der Waals surface area contributed by atoms with Gasteiger partial charge in [-0.05, 0) is 12.1 Å². The summed E-state index contributed by atoms with van der Waals surface area (Å²) in [7, 11) is 0. The minimum Gasteiger partial charge on any atom is -0.349 e. The van der Waals surface area contributed by atoms with E-state index in [0.717, 1.165) is 11.5 Å². The number of aromatic amines is 1. The zero-order chi connectivity index (χ0) is 11.2. The fourth-order valence-corrected chi connectivity index (χ4v) is 1.41. The molecule has 0 aliphatic heterocycles. The molecular weight excluding hydrogens is 202 g/mol. The van der Waals surface area contributed by atoms with Crippen LogP contribution in [-0.4, -0.2) is 15.9 Å². The number of nitrogens with zero attached hydrogens (tertiary/aromatic N) is 1. The summed E-state index contributed by atoms with van der Waals surface area (Å²) in [5.74, 6) is 0.839. The molecule has 2 aromatic rings. The number of hydrogen-bond acceptors (Lipinski definition) is 2. The van der Waals surface area contributed by atoms with E-state index in [4.69, 9.17) is 0 Å². The Morgan fingerprint density at radius 1 is 1.31 bits per heavy atom. The fourth-order valence-electron chi connectivity index (χ4n) is 1.41. The van der Waals surface area contributed by atoms with E-state index >= 15 is 0 Å².